The largest absolute Gasteiger partial charge is 0.478 e. The van der Waals surface area contributed by atoms with Crippen molar-refractivity contribution < 1.29 is 19.1 Å². The number of carboxylic acid groups (broad SMARTS) is 1. The van der Waals surface area contributed by atoms with Crippen molar-refractivity contribution in [3.05, 3.63) is 75.8 Å². The number of aromatic nitrogens is 2. The second-order valence-electron chi connectivity index (χ2n) is 8.07. The SMILES string of the molecule is CCCn1cc(N2C(=O)C3(Cc4ccc(C(=O)O)c(F)c4C3)c3ccc(Cl)cc32)cn1. The van der Waals surface area contributed by atoms with Crippen molar-refractivity contribution in [3.8, 4) is 0 Å². The molecule has 1 aliphatic heterocycles. The number of rotatable bonds is 4. The zero-order chi connectivity index (χ0) is 21.9. The topological polar surface area (TPSA) is 75.4 Å². The van der Waals surface area contributed by atoms with Gasteiger partial charge in [-0.25, -0.2) is 9.18 Å². The summed E-state index contributed by atoms with van der Waals surface area (Å²) in [6.45, 7) is 2.77. The highest BCUT2D eigenvalue weighted by Gasteiger charge is 2.55. The Balaban J connectivity index is 1.64. The number of hydrogen-bond acceptors (Lipinski definition) is 3. The number of amides is 1. The van der Waals surface area contributed by atoms with Crippen LogP contribution in [0.1, 0.15) is 40.4 Å². The maximum absolute atomic E-state index is 15.0. The minimum Gasteiger partial charge on any atom is -0.478 e. The van der Waals surface area contributed by atoms with E-state index in [1.54, 1.807) is 34.0 Å². The molecular formula is C23H19ClFN3O3. The second-order valence-corrected chi connectivity index (χ2v) is 8.51. The molecule has 1 aromatic heterocycles. The van der Waals surface area contributed by atoms with Crippen molar-refractivity contribution in [3.63, 3.8) is 0 Å². The van der Waals surface area contributed by atoms with Crippen LogP contribution in [0.4, 0.5) is 15.8 Å². The van der Waals surface area contributed by atoms with E-state index >= 15 is 0 Å². The number of fused-ring (bicyclic) bond motifs is 3. The number of carbonyl (C=O) groups is 2. The summed E-state index contributed by atoms with van der Waals surface area (Å²) < 4.78 is 16.8. The molecule has 1 aliphatic carbocycles. The van der Waals surface area contributed by atoms with Crippen LogP contribution in [0.25, 0.3) is 0 Å². The standard InChI is InChI=1S/C23H19ClFN3O3/c1-2-7-27-12-15(11-26-27)28-19-8-14(24)4-6-18(19)23(22(28)31)9-13-3-5-16(21(29)30)20(25)17(13)10-23/h3-6,8,11-12H,2,7,9-10H2,1H3,(H,29,30). The lowest BCUT2D eigenvalue weighted by Gasteiger charge is -2.23. The van der Waals surface area contributed by atoms with Crippen LogP contribution in [0.15, 0.2) is 42.7 Å². The third-order valence-corrected chi connectivity index (χ3v) is 6.44. The average Bonchev–Trinajstić information content (AvgIpc) is 3.39. The van der Waals surface area contributed by atoms with Crippen LogP contribution in [0.3, 0.4) is 0 Å². The van der Waals surface area contributed by atoms with Gasteiger partial charge >= 0.3 is 5.97 Å². The smallest absolute Gasteiger partial charge is 0.338 e. The van der Waals surface area contributed by atoms with E-state index in [4.69, 9.17) is 11.6 Å². The molecule has 5 rings (SSSR count). The Morgan fingerprint density at radius 1 is 1.29 bits per heavy atom. The van der Waals surface area contributed by atoms with Gasteiger partial charge < -0.3 is 5.11 Å². The molecule has 2 aliphatic rings. The van der Waals surface area contributed by atoms with E-state index in [2.05, 4.69) is 5.10 Å². The number of benzene rings is 2. The third-order valence-electron chi connectivity index (χ3n) is 6.20. The molecule has 2 aromatic carbocycles. The van der Waals surface area contributed by atoms with Gasteiger partial charge in [-0.3, -0.25) is 14.4 Å². The Labute approximate surface area is 182 Å². The Hall–Kier alpha value is -3.19. The molecule has 0 saturated carbocycles. The maximum Gasteiger partial charge on any atom is 0.338 e. The summed E-state index contributed by atoms with van der Waals surface area (Å²) in [6, 6.07) is 8.16. The summed E-state index contributed by atoms with van der Waals surface area (Å²) in [6.07, 6.45) is 4.76. The number of carbonyl (C=O) groups excluding carboxylic acids is 1. The lowest BCUT2D eigenvalue weighted by molar-refractivity contribution is -0.122. The van der Waals surface area contributed by atoms with Crippen molar-refractivity contribution in [2.45, 2.75) is 38.1 Å². The van der Waals surface area contributed by atoms with Crippen molar-refractivity contribution in [1.82, 2.24) is 9.78 Å². The Morgan fingerprint density at radius 3 is 2.84 bits per heavy atom. The predicted octanol–water partition coefficient (Wildman–Crippen LogP) is 4.50. The molecule has 1 amide bonds. The molecule has 158 valence electrons. The highest BCUT2D eigenvalue weighted by Crippen LogP contribution is 2.53. The van der Waals surface area contributed by atoms with Gasteiger partial charge in [0.1, 0.15) is 5.82 Å². The van der Waals surface area contributed by atoms with Crippen LogP contribution < -0.4 is 4.90 Å². The highest BCUT2D eigenvalue weighted by atomic mass is 35.5. The zero-order valence-corrected chi connectivity index (χ0v) is 17.5. The quantitative estimate of drug-likeness (QED) is 0.649. The minimum atomic E-state index is -1.32. The fourth-order valence-corrected chi connectivity index (χ4v) is 4.99. The van der Waals surface area contributed by atoms with E-state index in [0.29, 0.717) is 28.4 Å². The van der Waals surface area contributed by atoms with Gasteiger partial charge in [-0.05, 0) is 54.2 Å². The van der Waals surface area contributed by atoms with E-state index in [0.717, 1.165) is 18.5 Å². The molecule has 0 fully saturated rings. The molecule has 31 heavy (non-hydrogen) atoms. The van der Waals surface area contributed by atoms with Gasteiger partial charge in [-0.2, -0.15) is 5.10 Å². The van der Waals surface area contributed by atoms with Crippen molar-refractivity contribution in [2.75, 3.05) is 4.90 Å². The van der Waals surface area contributed by atoms with Gasteiger partial charge in [0.25, 0.3) is 0 Å². The fourth-order valence-electron chi connectivity index (χ4n) is 4.82. The monoisotopic (exact) mass is 439 g/mol. The maximum atomic E-state index is 15.0. The number of hydrogen-bond donors (Lipinski definition) is 1. The Bertz CT molecular complexity index is 1250. The molecular weight excluding hydrogens is 421 g/mol. The lowest BCUT2D eigenvalue weighted by Crippen LogP contribution is -2.39. The fraction of sp³-hybridized carbons (Fsp3) is 0.261. The lowest BCUT2D eigenvalue weighted by atomic mass is 9.79. The zero-order valence-electron chi connectivity index (χ0n) is 16.7. The number of nitrogens with zero attached hydrogens (tertiary/aromatic N) is 3. The van der Waals surface area contributed by atoms with Gasteiger partial charge in [0.05, 0.1) is 28.6 Å². The van der Waals surface area contributed by atoms with Gasteiger partial charge in [-0.1, -0.05) is 30.7 Å². The molecule has 3 aromatic rings. The number of anilines is 2. The molecule has 0 saturated heterocycles. The predicted molar refractivity (Wildman–Crippen MR) is 114 cm³/mol. The Kier molecular flexibility index (Phi) is 4.41. The number of aryl methyl sites for hydroxylation is 1. The summed E-state index contributed by atoms with van der Waals surface area (Å²) in [4.78, 5) is 26.9. The molecule has 8 heteroatoms. The number of carboxylic acids is 1. The number of halogens is 2. The minimum absolute atomic E-state index is 0.0996. The van der Waals surface area contributed by atoms with Crippen molar-refractivity contribution in [2.24, 2.45) is 0 Å². The van der Waals surface area contributed by atoms with Crippen molar-refractivity contribution in [1.29, 1.82) is 0 Å². The second kappa shape index (κ2) is 6.92. The molecule has 1 spiro atoms. The third kappa shape index (κ3) is 2.80. The summed E-state index contributed by atoms with van der Waals surface area (Å²) >= 11 is 6.26. The normalized spacial score (nSPS) is 19.2. The van der Waals surface area contributed by atoms with Crippen LogP contribution in [0, 0.1) is 5.82 Å². The van der Waals surface area contributed by atoms with E-state index in [1.807, 2.05) is 19.2 Å². The van der Waals surface area contributed by atoms with Gasteiger partial charge in [-0.15, -0.1) is 0 Å². The van der Waals surface area contributed by atoms with Crippen molar-refractivity contribution >= 4 is 34.9 Å². The first-order valence-corrected chi connectivity index (χ1v) is 10.4. The van der Waals surface area contributed by atoms with E-state index in [-0.39, 0.29) is 23.5 Å². The van der Waals surface area contributed by atoms with Crippen LogP contribution in [0.5, 0.6) is 0 Å². The van der Waals surface area contributed by atoms with Crippen LogP contribution in [-0.2, 0) is 29.6 Å². The first-order chi connectivity index (χ1) is 14.9. The molecule has 1 N–H and O–H groups in total. The molecule has 6 nitrogen and oxygen atoms in total. The molecule has 0 radical (unpaired) electrons. The molecule has 2 heterocycles. The molecule has 1 atom stereocenters. The van der Waals surface area contributed by atoms with E-state index in [1.165, 1.54) is 6.07 Å². The van der Waals surface area contributed by atoms with Gasteiger partial charge in [0.2, 0.25) is 5.91 Å². The van der Waals surface area contributed by atoms with Gasteiger partial charge in [0.15, 0.2) is 0 Å². The highest BCUT2D eigenvalue weighted by molar-refractivity contribution is 6.31. The molecule has 1 unspecified atom stereocenters. The first-order valence-electron chi connectivity index (χ1n) is 10.1. The summed E-state index contributed by atoms with van der Waals surface area (Å²) in [5.74, 6) is -2.27. The van der Waals surface area contributed by atoms with Gasteiger partial charge in [0, 0.05) is 17.8 Å². The summed E-state index contributed by atoms with van der Waals surface area (Å²) in [7, 11) is 0. The summed E-state index contributed by atoms with van der Waals surface area (Å²) in [5, 5.41) is 14.1. The Morgan fingerprint density at radius 2 is 2.10 bits per heavy atom. The average molecular weight is 440 g/mol. The van der Waals surface area contributed by atoms with Crippen LogP contribution >= 0.6 is 11.6 Å². The molecule has 0 bridgehead atoms. The number of aromatic carboxylic acids is 1. The summed E-state index contributed by atoms with van der Waals surface area (Å²) in [5.41, 5.74) is 1.60. The van der Waals surface area contributed by atoms with Crippen LogP contribution in [-0.4, -0.2) is 26.8 Å². The van der Waals surface area contributed by atoms with E-state index in [9.17, 15) is 19.1 Å². The van der Waals surface area contributed by atoms with E-state index < -0.39 is 17.2 Å². The van der Waals surface area contributed by atoms with Crippen LogP contribution in [0.2, 0.25) is 5.02 Å². The first kappa shape index (κ1) is 19.8.